The van der Waals surface area contributed by atoms with Crippen LogP contribution in [0, 0.1) is 0 Å². The molecule has 0 aliphatic rings. The van der Waals surface area contributed by atoms with Crippen LogP contribution in [0.4, 0.5) is 0 Å². The van der Waals surface area contributed by atoms with Gasteiger partial charge in [-0.1, -0.05) is 32.2 Å². The van der Waals surface area contributed by atoms with Crippen LogP contribution in [-0.2, 0) is 30.0 Å². The summed E-state index contributed by atoms with van der Waals surface area (Å²) in [5.41, 5.74) is 0. The number of hydrogen-bond acceptors (Lipinski definition) is 4. The molecule has 1 atom stereocenters. The standard InChI is InChI=1S/C6H11NO2S3/c1-2-3-12-4-5(6(8)9)7(10)11/h5H,2-4H2,1H3,(H,8,9)/t5-/m0/s1. The van der Waals surface area contributed by atoms with E-state index in [1.54, 1.807) is 11.8 Å². The first-order valence-corrected chi connectivity index (χ1v) is 5.42. The van der Waals surface area contributed by atoms with Gasteiger partial charge < -0.3 is 5.11 Å². The molecule has 0 fully saturated rings. The molecular weight excluding hydrogens is 214 g/mol. The predicted octanol–water partition coefficient (Wildman–Crippen LogP) is 0.788. The largest absolute Gasteiger partial charge is 0.476 e. The SMILES string of the molecule is CCCSC[C@@H](C(=O)O)[N+](=S)[S-]. The Morgan fingerprint density at radius 3 is 2.75 bits per heavy atom. The Kier molecular flexibility index (Phi) is 6.60. The molecule has 0 unspecified atom stereocenters. The van der Waals surface area contributed by atoms with E-state index in [1.807, 2.05) is 6.92 Å². The fourth-order valence-electron chi connectivity index (χ4n) is 0.562. The molecule has 1 N–H and O–H groups in total. The van der Waals surface area contributed by atoms with Crippen molar-refractivity contribution in [3.63, 3.8) is 0 Å². The summed E-state index contributed by atoms with van der Waals surface area (Å²) >= 11 is 10.7. The van der Waals surface area contributed by atoms with Crippen molar-refractivity contribution >= 4 is 43.0 Å². The maximum atomic E-state index is 10.5. The van der Waals surface area contributed by atoms with E-state index in [-0.39, 0.29) is 0 Å². The molecule has 0 spiro atoms. The first kappa shape index (κ1) is 12.1. The molecule has 0 rings (SSSR count). The summed E-state index contributed by atoms with van der Waals surface area (Å²) in [6, 6.07) is -0.716. The minimum atomic E-state index is -0.941. The van der Waals surface area contributed by atoms with Gasteiger partial charge in [0.25, 0.3) is 6.04 Å². The van der Waals surface area contributed by atoms with Crippen LogP contribution in [-0.4, -0.2) is 32.0 Å². The molecule has 0 amide bonds. The predicted molar refractivity (Wildman–Crippen MR) is 54.0 cm³/mol. The number of carboxylic acids is 1. The van der Waals surface area contributed by atoms with E-state index in [0.29, 0.717) is 5.75 Å². The minimum absolute atomic E-state index is 0.468. The van der Waals surface area contributed by atoms with Crippen LogP contribution in [0.2, 0.25) is 0 Å². The van der Waals surface area contributed by atoms with Gasteiger partial charge in [0, 0.05) is 0 Å². The molecule has 3 nitrogen and oxygen atoms in total. The monoisotopic (exact) mass is 225 g/mol. The Labute approximate surface area is 87.2 Å². The smallest absolute Gasteiger partial charge is 0.373 e. The fraction of sp³-hybridized carbons (Fsp3) is 0.833. The number of rotatable bonds is 6. The number of carboxylic acid groups (broad SMARTS) is 1. The topological polar surface area (TPSA) is 40.3 Å². The zero-order valence-electron chi connectivity index (χ0n) is 6.73. The van der Waals surface area contributed by atoms with Gasteiger partial charge >= 0.3 is 5.97 Å². The van der Waals surface area contributed by atoms with Crippen LogP contribution >= 0.6 is 11.8 Å². The van der Waals surface area contributed by atoms with Gasteiger partial charge in [0.1, 0.15) is 0 Å². The van der Waals surface area contributed by atoms with Gasteiger partial charge in [0.2, 0.25) is 0 Å². The summed E-state index contributed by atoms with van der Waals surface area (Å²) < 4.78 is 0.908. The van der Waals surface area contributed by atoms with E-state index in [9.17, 15) is 4.79 Å². The van der Waals surface area contributed by atoms with Crippen LogP contribution in [0.25, 0.3) is 0 Å². The average molecular weight is 225 g/mol. The van der Waals surface area contributed by atoms with E-state index < -0.39 is 12.0 Å². The van der Waals surface area contributed by atoms with Crippen molar-refractivity contribution in [2.75, 3.05) is 11.5 Å². The quantitative estimate of drug-likeness (QED) is 0.411. The van der Waals surface area contributed by atoms with Crippen LogP contribution in [0.1, 0.15) is 13.3 Å². The highest BCUT2D eigenvalue weighted by molar-refractivity contribution is 7.99. The first-order valence-electron chi connectivity index (χ1n) is 3.53. The second kappa shape index (κ2) is 6.56. The molecule has 0 saturated carbocycles. The highest BCUT2D eigenvalue weighted by Gasteiger charge is 2.22. The second-order valence-electron chi connectivity index (χ2n) is 2.21. The molecule has 0 bridgehead atoms. The van der Waals surface area contributed by atoms with Crippen molar-refractivity contribution in [1.82, 2.24) is 0 Å². The van der Waals surface area contributed by atoms with E-state index >= 15 is 0 Å². The normalized spacial score (nSPS) is 12.4. The minimum Gasteiger partial charge on any atom is -0.476 e. The molecular formula is C6H11NO2S3. The van der Waals surface area contributed by atoms with Crippen LogP contribution < -0.4 is 0 Å². The van der Waals surface area contributed by atoms with Gasteiger partial charge in [-0.2, -0.15) is 11.8 Å². The summed E-state index contributed by atoms with van der Waals surface area (Å²) in [4.78, 5) is 10.5. The molecule has 0 heterocycles. The Balaban J connectivity index is 3.80. The van der Waals surface area contributed by atoms with E-state index in [1.165, 1.54) is 0 Å². The number of thioether (sulfide) groups is 1. The fourth-order valence-corrected chi connectivity index (χ4v) is 2.05. The van der Waals surface area contributed by atoms with E-state index in [2.05, 4.69) is 25.2 Å². The summed E-state index contributed by atoms with van der Waals surface area (Å²) in [5, 5.41) is 8.65. The van der Waals surface area contributed by atoms with Crippen molar-refractivity contribution in [1.29, 1.82) is 0 Å². The van der Waals surface area contributed by atoms with E-state index in [0.717, 1.165) is 15.5 Å². The Morgan fingerprint density at radius 1 is 1.83 bits per heavy atom. The Hall–Kier alpha value is 0.0600. The third-order valence-corrected chi connectivity index (χ3v) is 2.92. The van der Waals surface area contributed by atoms with Gasteiger partial charge in [0.05, 0.1) is 5.75 Å². The molecule has 0 saturated heterocycles. The van der Waals surface area contributed by atoms with Gasteiger partial charge in [0.15, 0.2) is 0 Å². The van der Waals surface area contributed by atoms with Gasteiger partial charge in [-0.05, 0) is 12.2 Å². The molecule has 70 valence electrons. The maximum absolute atomic E-state index is 10.5. The number of nitrogens with zero attached hydrogens (tertiary/aromatic N) is 1. The van der Waals surface area contributed by atoms with Crippen molar-refractivity contribution in [2.45, 2.75) is 19.4 Å². The van der Waals surface area contributed by atoms with Gasteiger partial charge in [-0.15, -0.1) is 0 Å². The van der Waals surface area contributed by atoms with Crippen LogP contribution in [0.3, 0.4) is 0 Å². The first-order chi connectivity index (χ1) is 5.59. The Morgan fingerprint density at radius 2 is 2.42 bits per heavy atom. The number of hydrogen-bond donors (Lipinski definition) is 1. The van der Waals surface area contributed by atoms with Crippen molar-refractivity contribution in [2.24, 2.45) is 0 Å². The second-order valence-corrected chi connectivity index (χ2v) is 4.38. The summed E-state index contributed by atoms with van der Waals surface area (Å²) in [7, 11) is 0. The zero-order valence-corrected chi connectivity index (χ0v) is 9.18. The number of carbonyl (C=O) groups is 1. The van der Waals surface area contributed by atoms with Gasteiger partial charge in [-0.3, -0.25) is 0 Å². The maximum Gasteiger partial charge on any atom is 0.373 e. The summed E-state index contributed by atoms with van der Waals surface area (Å²) in [6.07, 6.45) is 1.03. The molecule has 0 aromatic rings. The lowest BCUT2D eigenvalue weighted by Gasteiger charge is -2.08. The molecule has 12 heavy (non-hydrogen) atoms. The average Bonchev–Trinajstić information content (AvgIpc) is 1.96. The van der Waals surface area contributed by atoms with Gasteiger partial charge in [-0.25, -0.2) is 8.15 Å². The summed E-state index contributed by atoms with van der Waals surface area (Å²) in [6.45, 7) is 2.04. The molecule has 0 radical (unpaired) electrons. The lowest BCUT2D eigenvalue weighted by atomic mass is 10.4. The zero-order chi connectivity index (χ0) is 9.56. The lowest BCUT2D eigenvalue weighted by Crippen LogP contribution is -2.31. The molecule has 0 aliphatic heterocycles. The molecule has 0 aromatic heterocycles. The highest BCUT2D eigenvalue weighted by atomic mass is 32.2. The third kappa shape index (κ3) is 4.84. The third-order valence-electron chi connectivity index (χ3n) is 1.16. The lowest BCUT2D eigenvalue weighted by molar-refractivity contribution is -0.348. The van der Waals surface area contributed by atoms with Crippen molar-refractivity contribution in [3.8, 4) is 0 Å². The molecule has 0 aliphatic carbocycles. The van der Waals surface area contributed by atoms with E-state index in [4.69, 9.17) is 5.11 Å². The van der Waals surface area contributed by atoms with Crippen LogP contribution in [0.5, 0.6) is 0 Å². The summed E-state index contributed by atoms with van der Waals surface area (Å²) in [5.74, 6) is 0.474. The van der Waals surface area contributed by atoms with Crippen molar-refractivity contribution < 1.29 is 13.3 Å². The molecule has 0 aromatic carbocycles. The van der Waals surface area contributed by atoms with Crippen LogP contribution in [0.15, 0.2) is 0 Å². The number of aliphatic carboxylic acids is 1. The Bertz CT molecular complexity index is 160. The molecule has 6 heteroatoms. The van der Waals surface area contributed by atoms with Crippen molar-refractivity contribution in [3.05, 3.63) is 0 Å². The highest BCUT2D eigenvalue weighted by Crippen LogP contribution is 2.06.